The van der Waals surface area contributed by atoms with Crippen LogP contribution in [0.2, 0.25) is 0 Å². The Morgan fingerprint density at radius 2 is 1.56 bits per heavy atom. The fraction of sp³-hybridized carbons (Fsp3) is 0.600. The first-order valence-electron chi connectivity index (χ1n) is 12.2. The molecule has 36 heavy (non-hydrogen) atoms. The maximum atomic E-state index is 13.3. The van der Waals surface area contributed by atoms with E-state index >= 15 is 0 Å². The average molecular weight is 524 g/mol. The van der Waals surface area contributed by atoms with Crippen LogP contribution < -0.4 is 27.4 Å². The molecule has 0 bridgehead atoms. The molecule has 8 N–H and O–H groups in total. The van der Waals surface area contributed by atoms with Crippen molar-refractivity contribution in [2.24, 2.45) is 17.4 Å². The molecule has 1 aromatic rings. The van der Waals surface area contributed by atoms with E-state index in [0.29, 0.717) is 31.6 Å². The van der Waals surface area contributed by atoms with Crippen molar-refractivity contribution in [1.82, 2.24) is 16.0 Å². The van der Waals surface area contributed by atoms with E-state index in [1.165, 1.54) is 0 Å². The first-order valence-corrected chi connectivity index (χ1v) is 13.6. The summed E-state index contributed by atoms with van der Waals surface area (Å²) in [5.74, 6) is -2.37. The lowest BCUT2D eigenvalue weighted by atomic mass is 10.00. The minimum atomic E-state index is -1.15. The van der Waals surface area contributed by atoms with Crippen LogP contribution in [-0.4, -0.2) is 71.5 Å². The normalized spacial score (nSPS) is 14.4. The number of amides is 3. The van der Waals surface area contributed by atoms with E-state index in [4.69, 9.17) is 11.5 Å². The number of aliphatic carboxylic acids is 1. The van der Waals surface area contributed by atoms with E-state index in [2.05, 4.69) is 16.0 Å². The highest BCUT2D eigenvalue weighted by Gasteiger charge is 2.31. The molecule has 0 aliphatic rings. The highest BCUT2D eigenvalue weighted by atomic mass is 32.2. The number of carbonyl (C=O) groups excluding carboxylic acids is 3. The van der Waals surface area contributed by atoms with Crippen molar-refractivity contribution < 1.29 is 24.3 Å². The van der Waals surface area contributed by atoms with Crippen LogP contribution in [0.3, 0.4) is 0 Å². The van der Waals surface area contributed by atoms with Gasteiger partial charge in [-0.1, -0.05) is 44.2 Å². The Morgan fingerprint density at radius 1 is 0.917 bits per heavy atom. The maximum absolute atomic E-state index is 13.3. The van der Waals surface area contributed by atoms with Gasteiger partial charge in [-0.3, -0.25) is 14.4 Å². The molecule has 0 saturated heterocycles. The minimum absolute atomic E-state index is 0.205. The van der Waals surface area contributed by atoms with Gasteiger partial charge in [-0.2, -0.15) is 11.8 Å². The van der Waals surface area contributed by atoms with E-state index in [1.807, 2.05) is 36.6 Å². The molecule has 0 saturated carbocycles. The maximum Gasteiger partial charge on any atom is 0.326 e. The molecular formula is C25H41N5O5S. The molecule has 0 aromatic heterocycles. The number of thioether (sulfide) groups is 1. The van der Waals surface area contributed by atoms with Crippen LogP contribution in [0.1, 0.15) is 45.1 Å². The van der Waals surface area contributed by atoms with Gasteiger partial charge in [-0.25, -0.2) is 4.79 Å². The second-order valence-corrected chi connectivity index (χ2v) is 10.0. The molecular weight excluding hydrogens is 482 g/mol. The van der Waals surface area contributed by atoms with Crippen LogP contribution in [-0.2, 0) is 25.6 Å². The molecule has 4 unspecified atom stereocenters. The third-order valence-electron chi connectivity index (χ3n) is 5.69. The highest BCUT2D eigenvalue weighted by Crippen LogP contribution is 2.09. The largest absolute Gasteiger partial charge is 0.480 e. The van der Waals surface area contributed by atoms with Gasteiger partial charge in [0.2, 0.25) is 17.7 Å². The van der Waals surface area contributed by atoms with E-state index in [0.717, 1.165) is 5.56 Å². The van der Waals surface area contributed by atoms with E-state index < -0.39 is 47.9 Å². The first kappa shape index (κ1) is 31.4. The summed E-state index contributed by atoms with van der Waals surface area (Å²) in [7, 11) is 0. The lowest BCUT2D eigenvalue weighted by molar-refractivity contribution is -0.142. The molecule has 4 atom stereocenters. The Labute approximate surface area is 217 Å². The average Bonchev–Trinajstić information content (AvgIpc) is 2.84. The lowest BCUT2D eigenvalue weighted by Crippen LogP contribution is -2.59. The number of hydrogen-bond donors (Lipinski definition) is 6. The van der Waals surface area contributed by atoms with Gasteiger partial charge in [0.15, 0.2) is 0 Å². The number of nitrogens with one attached hydrogen (secondary N) is 3. The van der Waals surface area contributed by atoms with E-state index in [1.54, 1.807) is 25.6 Å². The fourth-order valence-electron chi connectivity index (χ4n) is 3.51. The Kier molecular flexibility index (Phi) is 14.8. The summed E-state index contributed by atoms with van der Waals surface area (Å²) in [5, 5.41) is 17.5. The van der Waals surface area contributed by atoms with Crippen LogP contribution in [0.5, 0.6) is 0 Å². The van der Waals surface area contributed by atoms with Crippen LogP contribution in [0.15, 0.2) is 30.3 Å². The Bertz CT molecular complexity index is 839. The van der Waals surface area contributed by atoms with Gasteiger partial charge in [0.25, 0.3) is 0 Å². The summed E-state index contributed by atoms with van der Waals surface area (Å²) in [6.07, 6.45) is 4.01. The van der Waals surface area contributed by atoms with Gasteiger partial charge in [0, 0.05) is 6.42 Å². The van der Waals surface area contributed by atoms with E-state index in [9.17, 15) is 24.3 Å². The van der Waals surface area contributed by atoms with Gasteiger partial charge in [-0.15, -0.1) is 0 Å². The molecule has 0 aliphatic heterocycles. The second-order valence-electron chi connectivity index (χ2n) is 9.05. The molecule has 3 amide bonds. The SMILES string of the molecule is CSCCC(N)C(=O)NC(Cc1ccccc1)C(=O)NC(C(=O)NC(CCCCN)C(=O)O)C(C)C. The third-order valence-corrected chi connectivity index (χ3v) is 6.34. The molecule has 11 heteroatoms. The summed E-state index contributed by atoms with van der Waals surface area (Å²) in [6, 6.07) is 5.38. The zero-order valence-electron chi connectivity index (χ0n) is 21.4. The van der Waals surface area contributed by atoms with Gasteiger partial charge < -0.3 is 32.5 Å². The number of carbonyl (C=O) groups is 4. The summed E-state index contributed by atoms with van der Waals surface area (Å²) in [6.45, 7) is 3.93. The second kappa shape index (κ2) is 16.9. The van der Waals surface area contributed by atoms with Crippen molar-refractivity contribution in [3.05, 3.63) is 35.9 Å². The van der Waals surface area contributed by atoms with Crippen molar-refractivity contribution in [3.63, 3.8) is 0 Å². The zero-order chi connectivity index (χ0) is 27.1. The summed E-state index contributed by atoms with van der Waals surface area (Å²) < 4.78 is 0. The molecule has 202 valence electrons. The lowest BCUT2D eigenvalue weighted by Gasteiger charge is -2.27. The molecule has 0 fully saturated rings. The smallest absolute Gasteiger partial charge is 0.326 e. The first-order chi connectivity index (χ1) is 17.1. The quantitative estimate of drug-likeness (QED) is 0.161. The van der Waals surface area contributed by atoms with Crippen molar-refractivity contribution in [2.45, 2.75) is 70.1 Å². The molecule has 0 aliphatic carbocycles. The van der Waals surface area contributed by atoms with Crippen LogP contribution in [0.4, 0.5) is 0 Å². The minimum Gasteiger partial charge on any atom is -0.480 e. The van der Waals surface area contributed by atoms with Gasteiger partial charge >= 0.3 is 5.97 Å². The van der Waals surface area contributed by atoms with Gasteiger partial charge in [0.05, 0.1) is 6.04 Å². The van der Waals surface area contributed by atoms with Crippen molar-refractivity contribution >= 4 is 35.5 Å². The van der Waals surface area contributed by atoms with Crippen molar-refractivity contribution in [1.29, 1.82) is 0 Å². The highest BCUT2D eigenvalue weighted by molar-refractivity contribution is 7.98. The molecule has 1 aromatic carbocycles. The predicted octanol–water partition coefficient (Wildman–Crippen LogP) is 0.634. The number of hydrogen-bond acceptors (Lipinski definition) is 7. The monoisotopic (exact) mass is 523 g/mol. The number of nitrogens with two attached hydrogens (primary N) is 2. The Morgan fingerprint density at radius 3 is 2.11 bits per heavy atom. The summed E-state index contributed by atoms with van der Waals surface area (Å²) in [5.41, 5.74) is 12.3. The number of rotatable bonds is 17. The molecule has 10 nitrogen and oxygen atoms in total. The van der Waals surface area contributed by atoms with Gasteiger partial charge in [0.1, 0.15) is 18.1 Å². The predicted molar refractivity (Wildman–Crippen MR) is 142 cm³/mol. The molecule has 1 rings (SSSR count). The number of carboxylic acid groups (broad SMARTS) is 1. The number of benzene rings is 1. The van der Waals surface area contributed by atoms with Crippen molar-refractivity contribution in [3.8, 4) is 0 Å². The summed E-state index contributed by atoms with van der Waals surface area (Å²) in [4.78, 5) is 50.6. The van der Waals surface area contributed by atoms with E-state index in [-0.39, 0.29) is 18.8 Å². The standard InChI is InChI=1S/C25H41N5O5S/c1-16(2)21(24(33)28-19(25(34)35)11-7-8-13-26)30-23(32)20(15-17-9-5-4-6-10-17)29-22(31)18(27)12-14-36-3/h4-6,9-10,16,18-21H,7-8,11-15,26-27H2,1-3H3,(H,28,33)(H,29,31)(H,30,32)(H,34,35). The molecule has 0 spiro atoms. The summed E-state index contributed by atoms with van der Waals surface area (Å²) >= 11 is 1.57. The molecule has 0 radical (unpaired) electrons. The van der Waals surface area contributed by atoms with Crippen LogP contribution >= 0.6 is 11.8 Å². The molecule has 0 heterocycles. The Balaban J connectivity index is 3.00. The fourth-order valence-corrected chi connectivity index (χ4v) is 4.00. The van der Waals surface area contributed by atoms with Gasteiger partial charge in [-0.05, 0) is 55.7 Å². The topological polar surface area (TPSA) is 177 Å². The number of unbranched alkanes of at least 4 members (excludes halogenated alkanes) is 1. The van der Waals surface area contributed by atoms with Crippen LogP contribution in [0, 0.1) is 5.92 Å². The third kappa shape index (κ3) is 11.4. The van der Waals surface area contributed by atoms with Crippen LogP contribution in [0.25, 0.3) is 0 Å². The zero-order valence-corrected chi connectivity index (χ0v) is 22.2. The Hall–Kier alpha value is -2.63. The number of carboxylic acids is 1. The van der Waals surface area contributed by atoms with Crippen molar-refractivity contribution in [2.75, 3.05) is 18.6 Å².